The summed E-state index contributed by atoms with van der Waals surface area (Å²) < 4.78 is 37.7. The van der Waals surface area contributed by atoms with Crippen LogP contribution < -0.4 is 16.2 Å². The van der Waals surface area contributed by atoms with Crippen LogP contribution in [0, 0.1) is 20.8 Å². The van der Waals surface area contributed by atoms with Crippen LogP contribution in [-0.2, 0) is 25.4 Å². The second kappa shape index (κ2) is 12.5. The van der Waals surface area contributed by atoms with Crippen molar-refractivity contribution in [1.82, 2.24) is 29.1 Å². The number of aromatic nitrogens is 6. The van der Waals surface area contributed by atoms with E-state index in [9.17, 15) is 14.4 Å². The van der Waals surface area contributed by atoms with Crippen LogP contribution >= 0.6 is 0 Å². The molecule has 13 nitrogen and oxygen atoms in total. The van der Waals surface area contributed by atoms with Crippen molar-refractivity contribution in [3.8, 4) is 22.5 Å². The summed E-state index contributed by atoms with van der Waals surface area (Å²) in [5.74, 6) is -0.105. The molecule has 2 N–H and O–H groups in total. The van der Waals surface area contributed by atoms with Gasteiger partial charge in [-0.3, -0.25) is 24.0 Å². The predicted molar refractivity (Wildman–Crippen MR) is 178 cm³/mol. The van der Waals surface area contributed by atoms with Crippen LogP contribution in [-0.4, -0.2) is 54.5 Å². The van der Waals surface area contributed by atoms with Gasteiger partial charge in [0.25, 0.3) is 17.4 Å². The number of hydrogen-bond acceptors (Lipinski definition) is 8. The molecular weight excluding hydrogens is 600 g/mol. The van der Waals surface area contributed by atoms with Gasteiger partial charge < -0.3 is 24.5 Å². The molecule has 240 valence electrons. The van der Waals surface area contributed by atoms with Gasteiger partial charge >= 0.3 is 0 Å². The number of carbonyl (C=O) groups is 2. The summed E-state index contributed by atoms with van der Waals surface area (Å²) in [5.41, 5.74) is 4.36. The van der Waals surface area contributed by atoms with Crippen molar-refractivity contribution in [1.29, 1.82) is 0 Å². The number of hydrogen-bond donors (Lipinski definition) is 2. The highest BCUT2D eigenvalue weighted by molar-refractivity contribution is 6.13. The van der Waals surface area contributed by atoms with Crippen LogP contribution in [0.25, 0.3) is 33.4 Å². The van der Waals surface area contributed by atoms with Crippen LogP contribution in [0.2, 0.25) is 0 Å². The number of benzene rings is 1. The first-order valence-corrected chi connectivity index (χ1v) is 14.7. The van der Waals surface area contributed by atoms with E-state index in [0.717, 1.165) is 10.3 Å². The van der Waals surface area contributed by atoms with Gasteiger partial charge in [0, 0.05) is 74.0 Å². The lowest BCUT2D eigenvalue weighted by molar-refractivity contribution is 0.101. The summed E-state index contributed by atoms with van der Waals surface area (Å²) in [5, 5.41) is 10.5. The number of rotatable bonds is 9. The van der Waals surface area contributed by atoms with Crippen molar-refractivity contribution in [2.45, 2.75) is 27.3 Å². The second-order valence-corrected chi connectivity index (χ2v) is 11.1. The van der Waals surface area contributed by atoms with E-state index in [0.29, 0.717) is 61.9 Å². The van der Waals surface area contributed by atoms with E-state index in [4.69, 9.17) is 13.4 Å². The number of anilines is 2. The summed E-state index contributed by atoms with van der Waals surface area (Å²) in [6.45, 7) is 5.21. The lowest BCUT2D eigenvalue weighted by atomic mass is 10.1. The molecule has 0 aliphatic heterocycles. The number of aryl methyl sites for hydroxylation is 5. The molecule has 0 aliphatic rings. The second-order valence-electron chi connectivity index (χ2n) is 11.1. The number of nitrogens with one attached hydrogen (secondary N) is 2. The monoisotopic (exact) mass is 637 g/mol. The molecular formula is C34H34N8O5. The summed E-state index contributed by atoms with van der Waals surface area (Å²) in [7, 11) is 0.643. The van der Waals surface area contributed by atoms with Gasteiger partial charge in [0.2, 0.25) is 0 Å². The number of fused-ring (bicyclic) bond motifs is 1. The maximum absolute atomic E-state index is 14.0. The van der Waals surface area contributed by atoms with Gasteiger partial charge in [-0.05, 0) is 56.7 Å². The van der Waals surface area contributed by atoms with E-state index < -0.39 is 18.9 Å². The van der Waals surface area contributed by atoms with E-state index in [-0.39, 0.29) is 24.4 Å². The predicted octanol–water partition coefficient (Wildman–Crippen LogP) is 4.87. The number of ether oxygens (including phenoxy) is 1. The Morgan fingerprint density at radius 1 is 1.04 bits per heavy atom. The Balaban J connectivity index is 1.40. The molecule has 0 radical (unpaired) electrons. The molecule has 2 amide bonds. The van der Waals surface area contributed by atoms with Crippen molar-refractivity contribution < 1.29 is 23.0 Å². The first-order valence-electron chi connectivity index (χ1n) is 16.2. The third-order valence-corrected chi connectivity index (χ3v) is 7.81. The summed E-state index contributed by atoms with van der Waals surface area (Å²) in [6, 6.07) is 13.5. The number of amides is 2. The highest BCUT2D eigenvalue weighted by Crippen LogP contribution is 2.35. The zero-order valence-corrected chi connectivity index (χ0v) is 26.4. The minimum atomic E-state index is -2.63. The molecule has 6 aromatic rings. The highest BCUT2D eigenvalue weighted by atomic mass is 16.5. The molecule has 6 rings (SSSR count). The standard InChI is InChI=1S/C34H34N8O5/c1-19-16-25-20(2)30(26-11-10-23(18-35-26)28-21(3)47-41(5)34(28)45)42(14-15-46-6)31(25)29(36-19)33(44)37-24-9-7-8-22(17-24)32(43)38-27-12-13-40(4)39-27/h7-13,16-18H,14-15H2,1-6H3,(H,37,44)(H,38,39,43)/i6D3. The van der Waals surface area contributed by atoms with Gasteiger partial charge in [-0.1, -0.05) is 12.1 Å². The molecule has 5 heterocycles. The van der Waals surface area contributed by atoms with Crippen LogP contribution in [0.5, 0.6) is 0 Å². The Morgan fingerprint density at radius 3 is 2.55 bits per heavy atom. The molecule has 0 saturated carbocycles. The molecule has 0 atom stereocenters. The highest BCUT2D eigenvalue weighted by Gasteiger charge is 2.25. The average Bonchev–Trinajstić information content (AvgIpc) is 3.67. The van der Waals surface area contributed by atoms with Gasteiger partial charge in [-0.15, -0.1) is 0 Å². The number of methoxy groups -OCH3 is 1. The topological polar surface area (TPSA) is 151 Å². The quantitative estimate of drug-likeness (QED) is 0.228. The molecule has 0 unspecified atom stereocenters. The third-order valence-electron chi connectivity index (χ3n) is 7.81. The molecule has 13 heteroatoms. The fraction of sp³-hybridized carbons (Fsp3) is 0.235. The van der Waals surface area contributed by atoms with Crippen LogP contribution in [0.4, 0.5) is 11.5 Å². The minimum Gasteiger partial charge on any atom is -0.383 e. The summed E-state index contributed by atoms with van der Waals surface area (Å²) in [6.07, 6.45) is 3.28. The van der Waals surface area contributed by atoms with E-state index in [1.54, 1.807) is 85.0 Å². The van der Waals surface area contributed by atoms with Gasteiger partial charge in [0.15, 0.2) is 11.5 Å². The zero-order chi connectivity index (χ0) is 35.9. The molecule has 0 bridgehead atoms. The number of nitrogens with zero attached hydrogens (tertiary/aromatic N) is 6. The lowest BCUT2D eigenvalue weighted by Crippen LogP contribution is -2.18. The number of carbonyl (C=O) groups excluding carboxylic acids is 2. The molecule has 0 fully saturated rings. The smallest absolute Gasteiger partial charge is 0.290 e. The van der Waals surface area contributed by atoms with Gasteiger partial charge in [0.05, 0.1) is 33.2 Å². The Morgan fingerprint density at radius 2 is 1.87 bits per heavy atom. The third kappa shape index (κ3) is 5.95. The Hall–Kier alpha value is -5.82. The molecule has 0 spiro atoms. The largest absolute Gasteiger partial charge is 0.383 e. The van der Waals surface area contributed by atoms with Crippen molar-refractivity contribution in [2.24, 2.45) is 14.1 Å². The first-order chi connectivity index (χ1) is 23.7. The molecule has 5 aromatic heterocycles. The maximum Gasteiger partial charge on any atom is 0.290 e. The normalized spacial score (nSPS) is 12.5. The Bertz CT molecular complexity index is 2320. The van der Waals surface area contributed by atoms with Gasteiger partial charge in [-0.2, -0.15) is 9.84 Å². The fourth-order valence-corrected chi connectivity index (χ4v) is 5.72. The fourth-order valence-electron chi connectivity index (χ4n) is 5.72. The van der Waals surface area contributed by atoms with Gasteiger partial charge in [-0.25, -0.2) is 4.98 Å². The van der Waals surface area contributed by atoms with Crippen LogP contribution in [0.15, 0.2) is 70.2 Å². The Labute approximate surface area is 274 Å². The first kappa shape index (κ1) is 27.5. The molecule has 47 heavy (non-hydrogen) atoms. The van der Waals surface area contributed by atoms with E-state index >= 15 is 0 Å². The van der Waals surface area contributed by atoms with Crippen molar-refractivity contribution in [3.63, 3.8) is 0 Å². The zero-order valence-electron chi connectivity index (χ0n) is 29.4. The van der Waals surface area contributed by atoms with Crippen molar-refractivity contribution in [2.75, 3.05) is 24.3 Å². The summed E-state index contributed by atoms with van der Waals surface area (Å²) in [4.78, 5) is 48.9. The van der Waals surface area contributed by atoms with Gasteiger partial charge in [0.1, 0.15) is 5.76 Å². The Kier molecular flexibility index (Phi) is 7.32. The van der Waals surface area contributed by atoms with Crippen LogP contribution in [0.3, 0.4) is 0 Å². The average molecular weight is 638 g/mol. The molecule has 0 aliphatic carbocycles. The van der Waals surface area contributed by atoms with Crippen LogP contribution in [0.1, 0.15) is 42.0 Å². The van der Waals surface area contributed by atoms with E-state index in [1.165, 1.54) is 7.05 Å². The van der Waals surface area contributed by atoms with Crippen molar-refractivity contribution >= 4 is 34.2 Å². The van der Waals surface area contributed by atoms with E-state index in [2.05, 4.69) is 25.7 Å². The maximum atomic E-state index is 14.0. The molecule has 0 saturated heterocycles. The van der Waals surface area contributed by atoms with Crippen molar-refractivity contribution in [3.05, 3.63) is 99.6 Å². The SMILES string of the molecule is [2H]C([2H])([2H])OCCn1c(-c2ccc(-c3c(C)on(C)c3=O)cn2)c(C)c2cc(C)nc(C(=O)Nc3cccc(C(=O)Nc4ccn(C)n4)c3)c21. The number of pyridine rings is 2. The minimum absolute atomic E-state index is 0.0527. The lowest BCUT2D eigenvalue weighted by Gasteiger charge is -2.14. The summed E-state index contributed by atoms with van der Waals surface area (Å²) >= 11 is 0. The van der Waals surface area contributed by atoms with E-state index in [1.807, 2.05) is 13.0 Å². The molecule has 1 aromatic carbocycles.